The SMILES string of the molecule is CC(C)c1ccccc1Cc1c(O)c(O)c(O)c(C(=O)NS(=O)(=O)c2ccccc2)c1-c1ccccc1. The second kappa shape index (κ2) is 10.4. The lowest BCUT2D eigenvalue weighted by molar-refractivity contribution is 0.0978. The van der Waals surface area contributed by atoms with Crippen LogP contribution in [0.2, 0.25) is 0 Å². The molecule has 4 N–H and O–H groups in total. The van der Waals surface area contributed by atoms with Crippen molar-refractivity contribution < 1.29 is 28.5 Å². The Hall–Kier alpha value is -4.30. The summed E-state index contributed by atoms with van der Waals surface area (Å²) in [4.78, 5) is 13.3. The van der Waals surface area contributed by atoms with E-state index in [2.05, 4.69) is 0 Å². The van der Waals surface area contributed by atoms with Crippen LogP contribution in [0.5, 0.6) is 17.2 Å². The summed E-state index contributed by atoms with van der Waals surface area (Å²) >= 11 is 0. The molecular formula is C29H27NO6S. The minimum atomic E-state index is -4.29. The van der Waals surface area contributed by atoms with Crippen molar-refractivity contribution in [2.45, 2.75) is 31.1 Å². The lowest BCUT2D eigenvalue weighted by atomic mass is 9.86. The third kappa shape index (κ3) is 5.15. The highest BCUT2D eigenvalue weighted by Gasteiger charge is 2.31. The monoisotopic (exact) mass is 517 g/mol. The van der Waals surface area contributed by atoms with Gasteiger partial charge in [-0.15, -0.1) is 0 Å². The number of aromatic hydroxyl groups is 3. The van der Waals surface area contributed by atoms with Gasteiger partial charge in [-0.05, 0) is 34.7 Å². The van der Waals surface area contributed by atoms with Crippen molar-refractivity contribution in [3.8, 4) is 28.4 Å². The van der Waals surface area contributed by atoms with Crippen LogP contribution in [0.3, 0.4) is 0 Å². The molecule has 190 valence electrons. The van der Waals surface area contributed by atoms with Crippen molar-refractivity contribution in [3.05, 3.63) is 107 Å². The summed E-state index contributed by atoms with van der Waals surface area (Å²) < 4.78 is 27.8. The molecule has 0 radical (unpaired) electrons. The van der Waals surface area contributed by atoms with Crippen molar-refractivity contribution in [1.82, 2.24) is 4.72 Å². The molecule has 1 amide bonds. The van der Waals surface area contributed by atoms with Crippen LogP contribution in [0.25, 0.3) is 11.1 Å². The Morgan fingerprint density at radius 2 is 1.35 bits per heavy atom. The summed E-state index contributed by atoms with van der Waals surface area (Å²) in [6, 6.07) is 23.5. The van der Waals surface area contributed by atoms with Crippen molar-refractivity contribution in [2.24, 2.45) is 0 Å². The molecule has 0 unspecified atom stereocenters. The van der Waals surface area contributed by atoms with Crippen LogP contribution in [0.1, 0.15) is 46.8 Å². The molecule has 0 bridgehead atoms. The summed E-state index contributed by atoms with van der Waals surface area (Å²) in [5.74, 6) is -3.40. The summed E-state index contributed by atoms with van der Waals surface area (Å²) in [6.45, 7) is 4.05. The van der Waals surface area contributed by atoms with Crippen LogP contribution >= 0.6 is 0 Å². The zero-order valence-corrected chi connectivity index (χ0v) is 21.2. The van der Waals surface area contributed by atoms with Gasteiger partial charge in [-0.2, -0.15) is 0 Å². The van der Waals surface area contributed by atoms with Crippen LogP contribution in [0, 0.1) is 0 Å². The lowest BCUT2D eigenvalue weighted by Crippen LogP contribution is -2.31. The molecule has 0 aliphatic carbocycles. The fraction of sp³-hybridized carbons (Fsp3) is 0.138. The van der Waals surface area contributed by atoms with Gasteiger partial charge < -0.3 is 15.3 Å². The van der Waals surface area contributed by atoms with E-state index in [0.29, 0.717) is 5.56 Å². The fourth-order valence-corrected chi connectivity index (χ4v) is 5.34. The average molecular weight is 518 g/mol. The maximum absolute atomic E-state index is 13.4. The first kappa shape index (κ1) is 25.8. The zero-order chi connectivity index (χ0) is 26.7. The van der Waals surface area contributed by atoms with Gasteiger partial charge in [0.2, 0.25) is 5.75 Å². The molecule has 7 nitrogen and oxygen atoms in total. The largest absolute Gasteiger partial charge is 0.504 e. The van der Waals surface area contributed by atoms with E-state index < -0.39 is 38.7 Å². The normalized spacial score (nSPS) is 11.4. The number of nitrogens with one attached hydrogen (secondary N) is 1. The molecule has 4 aromatic rings. The van der Waals surface area contributed by atoms with Crippen LogP contribution in [-0.2, 0) is 16.4 Å². The number of phenols is 3. The van der Waals surface area contributed by atoms with Gasteiger partial charge in [-0.1, -0.05) is 86.6 Å². The Morgan fingerprint density at radius 3 is 1.97 bits per heavy atom. The molecular weight excluding hydrogens is 490 g/mol. The van der Waals surface area contributed by atoms with Crippen LogP contribution in [0.15, 0.2) is 89.8 Å². The van der Waals surface area contributed by atoms with Gasteiger partial charge in [-0.25, -0.2) is 13.1 Å². The standard InChI is InChI=1S/C29H27NO6S/c1-18(2)22-16-10-9-13-20(22)17-23-24(19-11-5-3-6-12-19)25(27(32)28(33)26(23)31)29(34)30-37(35,36)21-14-7-4-8-15-21/h3-16,18,31-33H,17H2,1-2H3,(H,30,34). The molecule has 0 aromatic heterocycles. The first-order valence-electron chi connectivity index (χ1n) is 11.7. The summed E-state index contributed by atoms with van der Waals surface area (Å²) in [7, 11) is -4.29. The Balaban J connectivity index is 1.94. The van der Waals surface area contributed by atoms with Crippen LogP contribution in [-0.4, -0.2) is 29.6 Å². The second-order valence-electron chi connectivity index (χ2n) is 8.92. The molecule has 0 saturated heterocycles. The zero-order valence-electron chi connectivity index (χ0n) is 20.3. The average Bonchev–Trinajstić information content (AvgIpc) is 2.89. The van der Waals surface area contributed by atoms with Gasteiger partial charge in [0.25, 0.3) is 15.9 Å². The second-order valence-corrected chi connectivity index (χ2v) is 10.6. The van der Waals surface area contributed by atoms with E-state index in [1.807, 2.05) is 42.8 Å². The molecule has 37 heavy (non-hydrogen) atoms. The van der Waals surface area contributed by atoms with Gasteiger partial charge >= 0.3 is 0 Å². The third-order valence-corrected chi connectivity index (χ3v) is 7.48. The Bertz CT molecular complexity index is 1550. The van der Waals surface area contributed by atoms with Crippen LogP contribution < -0.4 is 4.72 Å². The summed E-state index contributed by atoms with van der Waals surface area (Å²) in [5.41, 5.74) is 2.14. The number of hydrogen-bond donors (Lipinski definition) is 4. The van der Waals surface area contributed by atoms with E-state index in [1.54, 1.807) is 36.4 Å². The van der Waals surface area contributed by atoms with Crippen molar-refractivity contribution in [2.75, 3.05) is 0 Å². The first-order chi connectivity index (χ1) is 17.6. The molecule has 0 atom stereocenters. The fourth-order valence-electron chi connectivity index (χ4n) is 4.36. The number of amides is 1. The number of hydrogen-bond acceptors (Lipinski definition) is 6. The van der Waals surface area contributed by atoms with Crippen molar-refractivity contribution >= 4 is 15.9 Å². The number of carbonyl (C=O) groups is 1. The Labute approximate surface area is 215 Å². The molecule has 0 aliphatic heterocycles. The predicted octanol–water partition coefficient (Wildman–Crippen LogP) is 5.30. The number of carbonyl (C=O) groups excluding carboxylic acids is 1. The molecule has 0 heterocycles. The van der Waals surface area contributed by atoms with E-state index in [0.717, 1.165) is 11.1 Å². The van der Waals surface area contributed by atoms with Crippen LogP contribution in [0.4, 0.5) is 0 Å². The number of sulfonamides is 1. The van der Waals surface area contributed by atoms with E-state index in [-0.39, 0.29) is 28.4 Å². The summed E-state index contributed by atoms with van der Waals surface area (Å²) in [5, 5.41) is 32.4. The Morgan fingerprint density at radius 1 is 0.784 bits per heavy atom. The van der Waals surface area contributed by atoms with E-state index in [9.17, 15) is 28.5 Å². The highest BCUT2D eigenvalue weighted by atomic mass is 32.2. The third-order valence-electron chi connectivity index (χ3n) is 6.14. The molecule has 0 fully saturated rings. The Kier molecular flexibility index (Phi) is 7.22. The maximum Gasteiger partial charge on any atom is 0.269 e. The topological polar surface area (TPSA) is 124 Å². The van der Waals surface area contributed by atoms with Crippen molar-refractivity contribution in [1.29, 1.82) is 0 Å². The maximum atomic E-state index is 13.4. The van der Waals surface area contributed by atoms with Gasteiger partial charge in [-0.3, -0.25) is 4.79 Å². The van der Waals surface area contributed by atoms with Gasteiger partial charge in [0.1, 0.15) is 0 Å². The quantitative estimate of drug-likeness (QED) is 0.247. The molecule has 0 saturated carbocycles. The highest BCUT2D eigenvalue weighted by molar-refractivity contribution is 7.90. The number of phenolic OH excluding ortho intramolecular Hbond substituents is 3. The van der Waals surface area contributed by atoms with Crippen molar-refractivity contribution in [3.63, 3.8) is 0 Å². The lowest BCUT2D eigenvalue weighted by Gasteiger charge is -2.21. The minimum absolute atomic E-state index is 0.115. The van der Waals surface area contributed by atoms with E-state index in [1.165, 1.54) is 24.3 Å². The molecule has 0 spiro atoms. The molecule has 8 heteroatoms. The highest BCUT2D eigenvalue weighted by Crippen LogP contribution is 2.48. The number of rotatable bonds is 7. The molecule has 4 aromatic carbocycles. The smallest absolute Gasteiger partial charge is 0.269 e. The van der Waals surface area contributed by atoms with Gasteiger partial charge in [0.05, 0.1) is 10.5 Å². The van der Waals surface area contributed by atoms with Gasteiger partial charge in [0.15, 0.2) is 11.5 Å². The minimum Gasteiger partial charge on any atom is -0.504 e. The number of benzene rings is 4. The summed E-state index contributed by atoms with van der Waals surface area (Å²) in [6.07, 6.45) is 0.115. The van der Waals surface area contributed by atoms with Gasteiger partial charge in [0, 0.05) is 17.5 Å². The predicted molar refractivity (Wildman–Crippen MR) is 141 cm³/mol. The molecule has 4 rings (SSSR count). The van der Waals surface area contributed by atoms with E-state index in [4.69, 9.17) is 0 Å². The molecule has 0 aliphatic rings. The van der Waals surface area contributed by atoms with E-state index >= 15 is 0 Å². The first-order valence-corrected chi connectivity index (χ1v) is 13.1.